The molecule has 0 atom stereocenters. The van der Waals surface area contributed by atoms with Gasteiger partial charge in [-0.2, -0.15) is 0 Å². The first-order valence-electron chi connectivity index (χ1n) is 11.3. The summed E-state index contributed by atoms with van der Waals surface area (Å²) in [6, 6.07) is 13.0. The molecule has 0 spiro atoms. The van der Waals surface area contributed by atoms with Crippen molar-refractivity contribution >= 4 is 23.4 Å². The van der Waals surface area contributed by atoms with E-state index in [0.29, 0.717) is 50.0 Å². The minimum Gasteiger partial charge on any atom is -0.486 e. The van der Waals surface area contributed by atoms with Crippen LogP contribution < -0.4 is 9.47 Å². The molecule has 2 amide bonds. The number of benzene rings is 2. The quantitative estimate of drug-likeness (QED) is 0.705. The molecule has 0 aromatic heterocycles. The Balaban J connectivity index is 1.31. The highest BCUT2D eigenvalue weighted by atomic mass is 35.5. The first-order valence-corrected chi connectivity index (χ1v) is 11.7. The van der Waals surface area contributed by atoms with Crippen molar-refractivity contribution in [3.8, 4) is 11.5 Å². The van der Waals surface area contributed by atoms with Crippen molar-refractivity contribution in [3.63, 3.8) is 0 Å². The zero-order valence-electron chi connectivity index (χ0n) is 18.0. The van der Waals surface area contributed by atoms with Gasteiger partial charge in [-0.15, -0.1) is 0 Å². The number of piperazine rings is 1. The van der Waals surface area contributed by atoms with E-state index in [1.54, 1.807) is 29.2 Å². The number of nitrogens with zero attached hydrogens (tertiary/aromatic N) is 2. The van der Waals surface area contributed by atoms with Crippen LogP contribution in [-0.4, -0.2) is 61.0 Å². The smallest absolute Gasteiger partial charge is 0.254 e. The number of hydrogen-bond acceptors (Lipinski definition) is 4. The van der Waals surface area contributed by atoms with E-state index < -0.39 is 5.41 Å². The first kappa shape index (κ1) is 21.1. The van der Waals surface area contributed by atoms with Crippen molar-refractivity contribution < 1.29 is 19.1 Å². The van der Waals surface area contributed by atoms with Crippen molar-refractivity contribution in [2.24, 2.45) is 0 Å². The van der Waals surface area contributed by atoms with Gasteiger partial charge in [-0.1, -0.05) is 36.6 Å². The Bertz CT molecular complexity index is 1030. The molecule has 168 valence electrons. The summed E-state index contributed by atoms with van der Waals surface area (Å²) in [6.45, 7) is 3.20. The zero-order valence-corrected chi connectivity index (χ0v) is 18.8. The van der Waals surface area contributed by atoms with Gasteiger partial charge in [0.05, 0.1) is 5.41 Å². The van der Waals surface area contributed by atoms with E-state index in [9.17, 15) is 9.59 Å². The summed E-state index contributed by atoms with van der Waals surface area (Å²) in [5, 5.41) is 0.548. The number of fused-ring (bicyclic) bond motifs is 1. The van der Waals surface area contributed by atoms with E-state index in [4.69, 9.17) is 21.1 Å². The van der Waals surface area contributed by atoms with E-state index in [1.807, 2.05) is 23.1 Å². The Kier molecular flexibility index (Phi) is 5.72. The first-order chi connectivity index (χ1) is 15.6. The maximum atomic E-state index is 13.8. The third-order valence-electron chi connectivity index (χ3n) is 6.89. The minimum atomic E-state index is -0.519. The van der Waals surface area contributed by atoms with Gasteiger partial charge >= 0.3 is 0 Å². The fourth-order valence-electron chi connectivity index (χ4n) is 5.16. The van der Waals surface area contributed by atoms with Crippen LogP contribution in [-0.2, 0) is 10.2 Å². The Morgan fingerprint density at radius 1 is 0.844 bits per heavy atom. The Morgan fingerprint density at radius 2 is 1.53 bits per heavy atom. The fraction of sp³-hybridized carbons (Fsp3) is 0.440. The second-order valence-corrected chi connectivity index (χ2v) is 9.18. The average Bonchev–Trinajstić information content (AvgIpc) is 3.34. The number of rotatable bonds is 3. The van der Waals surface area contributed by atoms with Gasteiger partial charge in [0.25, 0.3) is 5.91 Å². The molecule has 0 N–H and O–H groups in total. The van der Waals surface area contributed by atoms with Gasteiger partial charge in [-0.05, 0) is 48.7 Å². The summed E-state index contributed by atoms with van der Waals surface area (Å²) >= 11 is 6.04. The van der Waals surface area contributed by atoms with Crippen LogP contribution in [0.15, 0.2) is 42.5 Å². The summed E-state index contributed by atoms with van der Waals surface area (Å²) in [5.41, 5.74) is 1.08. The monoisotopic (exact) mass is 454 g/mol. The molecule has 0 radical (unpaired) electrons. The highest BCUT2D eigenvalue weighted by Gasteiger charge is 2.46. The standard InChI is InChI=1S/C25H27ClN2O4/c26-20-5-3-4-18(16-20)23(29)27-10-12-28(13-11-27)24(30)25(8-1-2-9-25)19-6-7-21-22(17-19)32-15-14-31-21/h3-7,16-17H,1-2,8-15H2. The number of ether oxygens (including phenoxy) is 2. The predicted molar refractivity (Wildman–Crippen MR) is 122 cm³/mol. The number of amides is 2. The molecule has 3 aliphatic rings. The lowest BCUT2D eigenvalue weighted by Gasteiger charge is -2.40. The van der Waals surface area contributed by atoms with E-state index in [2.05, 4.69) is 0 Å². The number of hydrogen-bond donors (Lipinski definition) is 0. The van der Waals surface area contributed by atoms with E-state index in [1.165, 1.54) is 0 Å². The maximum absolute atomic E-state index is 13.8. The molecule has 5 rings (SSSR count). The van der Waals surface area contributed by atoms with Crippen LogP contribution in [0.25, 0.3) is 0 Å². The van der Waals surface area contributed by atoms with Crippen molar-refractivity contribution in [3.05, 3.63) is 58.6 Å². The summed E-state index contributed by atoms with van der Waals surface area (Å²) in [7, 11) is 0. The molecule has 32 heavy (non-hydrogen) atoms. The highest BCUT2D eigenvalue weighted by molar-refractivity contribution is 6.30. The molecule has 2 fully saturated rings. The van der Waals surface area contributed by atoms with Gasteiger partial charge in [-0.3, -0.25) is 9.59 Å². The van der Waals surface area contributed by atoms with Crippen LogP contribution in [0.4, 0.5) is 0 Å². The molecular weight excluding hydrogens is 428 g/mol. The van der Waals surface area contributed by atoms with Crippen molar-refractivity contribution in [2.45, 2.75) is 31.1 Å². The average molecular weight is 455 g/mol. The van der Waals surface area contributed by atoms with Crippen LogP contribution in [0.3, 0.4) is 0 Å². The predicted octanol–water partition coefficient (Wildman–Crippen LogP) is 3.91. The van der Waals surface area contributed by atoms with Gasteiger partial charge in [0, 0.05) is 36.8 Å². The van der Waals surface area contributed by atoms with Crippen LogP contribution in [0.1, 0.15) is 41.6 Å². The van der Waals surface area contributed by atoms with Crippen molar-refractivity contribution in [1.82, 2.24) is 9.80 Å². The molecular formula is C25H27ClN2O4. The summed E-state index contributed by atoms with van der Waals surface area (Å²) in [6.07, 6.45) is 3.75. The molecule has 2 aromatic carbocycles. The normalized spacial score (nSPS) is 19.7. The van der Waals surface area contributed by atoms with Gasteiger partial charge < -0.3 is 19.3 Å². The second kappa shape index (κ2) is 8.66. The summed E-state index contributed by atoms with van der Waals surface area (Å²) < 4.78 is 11.4. The molecule has 2 heterocycles. The van der Waals surface area contributed by atoms with Crippen molar-refractivity contribution in [2.75, 3.05) is 39.4 Å². The van der Waals surface area contributed by atoms with Gasteiger partial charge in [0.15, 0.2) is 11.5 Å². The van der Waals surface area contributed by atoms with E-state index in [0.717, 1.165) is 42.7 Å². The maximum Gasteiger partial charge on any atom is 0.254 e. The van der Waals surface area contributed by atoms with Crippen molar-refractivity contribution in [1.29, 1.82) is 0 Å². The largest absolute Gasteiger partial charge is 0.486 e. The minimum absolute atomic E-state index is 0.0398. The number of carbonyl (C=O) groups excluding carboxylic acids is 2. The lowest BCUT2D eigenvalue weighted by atomic mass is 9.77. The van der Waals surface area contributed by atoms with Crippen LogP contribution in [0.2, 0.25) is 5.02 Å². The lowest BCUT2D eigenvalue weighted by Crippen LogP contribution is -2.55. The molecule has 1 saturated carbocycles. The van der Waals surface area contributed by atoms with Gasteiger partial charge in [-0.25, -0.2) is 0 Å². The molecule has 6 nitrogen and oxygen atoms in total. The topological polar surface area (TPSA) is 59.1 Å². The van der Waals surface area contributed by atoms with E-state index >= 15 is 0 Å². The van der Waals surface area contributed by atoms with Gasteiger partial charge in [0.2, 0.25) is 5.91 Å². The number of halogens is 1. The molecule has 0 bridgehead atoms. The SMILES string of the molecule is O=C(c1cccc(Cl)c1)N1CCN(C(=O)C2(c3ccc4c(c3)OCCO4)CCCC2)CC1. The Labute approximate surface area is 193 Å². The van der Waals surface area contributed by atoms with E-state index in [-0.39, 0.29) is 11.8 Å². The highest BCUT2D eigenvalue weighted by Crippen LogP contribution is 2.45. The molecule has 0 unspecified atom stereocenters. The second-order valence-electron chi connectivity index (χ2n) is 8.74. The lowest BCUT2D eigenvalue weighted by molar-refractivity contribution is -0.138. The van der Waals surface area contributed by atoms with Gasteiger partial charge in [0.1, 0.15) is 13.2 Å². The molecule has 1 saturated heterocycles. The fourth-order valence-corrected chi connectivity index (χ4v) is 5.36. The van der Waals surface area contributed by atoms with Crippen LogP contribution >= 0.6 is 11.6 Å². The van der Waals surface area contributed by atoms with Crippen LogP contribution in [0.5, 0.6) is 11.5 Å². The zero-order chi connectivity index (χ0) is 22.1. The molecule has 1 aliphatic carbocycles. The number of carbonyl (C=O) groups is 2. The Morgan fingerprint density at radius 3 is 2.25 bits per heavy atom. The molecule has 2 aromatic rings. The summed E-state index contributed by atoms with van der Waals surface area (Å²) in [5.74, 6) is 1.60. The molecule has 7 heteroatoms. The Hall–Kier alpha value is -2.73. The third-order valence-corrected chi connectivity index (χ3v) is 7.12. The summed E-state index contributed by atoms with van der Waals surface area (Å²) in [4.78, 5) is 30.4. The molecule has 2 aliphatic heterocycles. The third kappa shape index (κ3) is 3.81. The van der Waals surface area contributed by atoms with Crippen LogP contribution in [0, 0.1) is 0 Å².